The van der Waals surface area contributed by atoms with E-state index in [0.29, 0.717) is 40.5 Å². The Bertz CT molecular complexity index is 1430. The van der Waals surface area contributed by atoms with Gasteiger partial charge in [0.05, 0.1) is 23.6 Å². The molecule has 1 fully saturated rings. The molecule has 36 heavy (non-hydrogen) atoms. The van der Waals surface area contributed by atoms with Crippen molar-refractivity contribution in [2.75, 3.05) is 13.2 Å². The second kappa shape index (κ2) is 11.1. The van der Waals surface area contributed by atoms with Gasteiger partial charge in [0.15, 0.2) is 5.16 Å². The number of benzene rings is 3. The van der Waals surface area contributed by atoms with Crippen LogP contribution in [0.25, 0.3) is 10.9 Å². The highest BCUT2D eigenvalue weighted by Gasteiger charge is 2.17. The molecule has 184 valence electrons. The molecule has 1 aliphatic rings. The number of halogens is 1. The summed E-state index contributed by atoms with van der Waals surface area (Å²) in [4.78, 5) is 30.6. The highest BCUT2D eigenvalue weighted by atomic mass is 32.2. The maximum absolute atomic E-state index is 13.6. The normalized spacial score (nSPS) is 15.3. The zero-order valence-corrected chi connectivity index (χ0v) is 20.5. The van der Waals surface area contributed by atoms with Gasteiger partial charge in [0.25, 0.3) is 11.5 Å². The number of hydrogen-bond donors (Lipinski definition) is 1. The molecule has 0 aliphatic carbocycles. The van der Waals surface area contributed by atoms with E-state index in [1.807, 2.05) is 36.4 Å². The van der Waals surface area contributed by atoms with Crippen molar-refractivity contribution in [3.8, 4) is 0 Å². The summed E-state index contributed by atoms with van der Waals surface area (Å²) in [5.41, 5.74) is 2.73. The van der Waals surface area contributed by atoms with Crippen LogP contribution in [-0.4, -0.2) is 34.7 Å². The smallest absolute Gasteiger partial charge is 0.262 e. The molecule has 0 bridgehead atoms. The van der Waals surface area contributed by atoms with Gasteiger partial charge in [0.1, 0.15) is 5.82 Å². The van der Waals surface area contributed by atoms with Gasteiger partial charge in [0.2, 0.25) is 0 Å². The standard InChI is InChI=1S/C28H26FN3O3S/c29-22-6-3-5-20(15-22)18-36-28-31-25-9-2-1-8-24(25)27(34)32(28)17-19-10-12-21(13-11-19)26(33)30-16-23-7-4-14-35-23/h1-3,5-6,8-13,15,23H,4,7,14,16-18H2,(H,30,33). The Hall–Kier alpha value is -3.49. The summed E-state index contributed by atoms with van der Waals surface area (Å²) < 4.78 is 20.8. The van der Waals surface area contributed by atoms with Gasteiger partial charge in [-0.3, -0.25) is 14.2 Å². The van der Waals surface area contributed by atoms with Gasteiger partial charge in [0, 0.05) is 24.5 Å². The summed E-state index contributed by atoms with van der Waals surface area (Å²) in [6.07, 6.45) is 2.08. The van der Waals surface area contributed by atoms with Crippen molar-refractivity contribution >= 4 is 28.6 Å². The second-order valence-electron chi connectivity index (χ2n) is 8.76. The lowest BCUT2D eigenvalue weighted by Crippen LogP contribution is -2.31. The molecule has 1 saturated heterocycles. The van der Waals surface area contributed by atoms with E-state index in [1.165, 1.54) is 23.9 Å². The number of carbonyl (C=O) groups excluding carboxylic acids is 1. The zero-order chi connectivity index (χ0) is 24.9. The van der Waals surface area contributed by atoms with E-state index in [2.05, 4.69) is 5.32 Å². The van der Waals surface area contributed by atoms with E-state index in [-0.39, 0.29) is 23.4 Å². The van der Waals surface area contributed by atoms with Crippen molar-refractivity contribution < 1.29 is 13.9 Å². The second-order valence-corrected chi connectivity index (χ2v) is 9.71. The highest BCUT2D eigenvalue weighted by molar-refractivity contribution is 7.98. The summed E-state index contributed by atoms with van der Waals surface area (Å²) >= 11 is 1.39. The minimum absolute atomic E-state index is 0.0869. The maximum atomic E-state index is 13.6. The molecule has 5 rings (SSSR count). The highest BCUT2D eigenvalue weighted by Crippen LogP contribution is 2.23. The number of fused-ring (bicyclic) bond motifs is 1. The number of para-hydroxylation sites is 1. The first kappa shape index (κ1) is 24.2. The Kier molecular flexibility index (Phi) is 7.44. The largest absolute Gasteiger partial charge is 0.376 e. The van der Waals surface area contributed by atoms with Crippen LogP contribution in [0.5, 0.6) is 0 Å². The average molecular weight is 504 g/mol. The topological polar surface area (TPSA) is 73.2 Å². The van der Waals surface area contributed by atoms with Gasteiger partial charge in [-0.05, 0) is 60.4 Å². The third kappa shape index (κ3) is 5.66. The first-order valence-electron chi connectivity index (χ1n) is 11.9. The lowest BCUT2D eigenvalue weighted by molar-refractivity contribution is 0.0858. The van der Waals surface area contributed by atoms with Crippen LogP contribution in [0, 0.1) is 5.82 Å². The molecule has 1 aromatic heterocycles. The van der Waals surface area contributed by atoms with Gasteiger partial charge >= 0.3 is 0 Å². The van der Waals surface area contributed by atoms with E-state index >= 15 is 0 Å². The van der Waals surface area contributed by atoms with Crippen LogP contribution >= 0.6 is 11.8 Å². The van der Waals surface area contributed by atoms with Crippen LogP contribution in [-0.2, 0) is 17.0 Å². The summed E-state index contributed by atoms with van der Waals surface area (Å²) in [5, 5.41) is 4.02. The van der Waals surface area contributed by atoms with Crippen molar-refractivity contribution in [2.45, 2.75) is 36.4 Å². The fourth-order valence-corrected chi connectivity index (χ4v) is 5.17. The number of thioether (sulfide) groups is 1. The molecule has 3 aromatic carbocycles. The molecule has 6 nitrogen and oxygen atoms in total. The third-order valence-electron chi connectivity index (χ3n) is 6.15. The molecule has 1 amide bonds. The molecule has 1 atom stereocenters. The minimum Gasteiger partial charge on any atom is -0.376 e. The van der Waals surface area contributed by atoms with E-state index in [9.17, 15) is 14.0 Å². The van der Waals surface area contributed by atoms with Crippen LogP contribution in [0.3, 0.4) is 0 Å². The Morgan fingerprint density at radius 3 is 2.69 bits per heavy atom. The molecule has 1 aliphatic heterocycles. The van der Waals surface area contributed by atoms with Crippen LogP contribution in [0.1, 0.15) is 34.3 Å². The number of rotatable bonds is 8. The fraction of sp³-hybridized carbons (Fsp3) is 0.250. The monoisotopic (exact) mass is 503 g/mol. The quantitative estimate of drug-likeness (QED) is 0.277. The first-order valence-corrected chi connectivity index (χ1v) is 12.9. The van der Waals surface area contributed by atoms with E-state index < -0.39 is 0 Å². The van der Waals surface area contributed by atoms with Gasteiger partial charge in [-0.15, -0.1) is 0 Å². The summed E-state index contributed by atoms with van der Waals surface area (Å²) in [5.74, 6) is 0.0385. The Balaban J connectivity index is 1.36. The van der Waals surface area contributed by atoms with E-state index in [1.54, 1.807) is 28.8 Å². The van der Waals surface area contributed by atoms with Gasteiger partial charge in [-0.2, -0.15) is 0 Å². The number of amides is 1. The predicted molar refractivity (Wildman–Crippen MR) is 139 cm³/mol. The molecular weight excluding hydrogens is 477 g/mol. The molecule has 8 heteroatoms. The lowest BCUT2D eigenvalue weighted by atomic mass is 10.1. The number of nitrogens with zero attached hydrogens (tertiary/aromatic N) is 2. The van der Waals surface area contributed by atoms with Crippen LogP contribution in [0.4, 0.5) is 4.39 Å². The summed E-state index contributed by atoms with van der Waals surface area (Å²) in [6, 6.07) is 20.9. The van der Waals surface area contributed by atoms with Crippen molar-refractivity contribution in [1.82, 2.24) is 14.9 Å². The van der Waals surface area contributed by atoms with Gasteiger partial charge < -0.3 is 10.1 Å². The molecule has 1 N–H and O–H groups in total. The van der Waals surface area contributed by atoms with Crippen molar-refractivity contribution in [3.63, 3.8) is 0 Å². The van der Waals surface area contributed by atoms with E-state index in [0.717, 1.165) is 30.6 Å². The van der Waals surface area contributed by atoms with Gasteiger partial charge in [-0.25, -0.2) is 9.37 Å². The number of nitrogens with one attached hydrogen (secondary N) is 1. The average Bonchev–Trinajstić information content (AvgIpc) is 3.42. The number of aromatic nitrogens is 2. The van der Waals surface area contributed by atoms with Crippen LogP contribution < -0.4 is 10.9 Å². The Labute approximate surface area is 212 Å². The van der Waals surface area contributed by atoms with Gasteiger partial charge in [-0.1, -0.05) is 48.2 Å². The van der Waals surface area contributed by atoms with Crippen molar-refractivity contribution in [3.05, 3.63) is 106 Å². The SMILES string of the molecule is O=C(NCC1CCCO1)c1ccc(Cn2c(SCc3cccc(F)c3)nc3ccccc3c2=O)cc1. The maximum Gasteiger partial charge on any atom is 0.262 e. The molecular formula is C28H26FN3O3S. The first-order chi connectivity index (χ1) is 17.6. The van der Waals surface area contributed by atoms with E-state index in [4.69, 9.17) is 9.72 Å². The third-order valence-corrected chi connectivity index (χ3v) is 7.20. The molecule has 4 aromatic rings. The Morgan fingerprint density at radius 1 is 1.08 bits per heavy atom. The Morgan fingerprint density at radius 2 is 1.92 bits per heavy atom. The number of carbonyl (C=O) groups is 1. The fourth-order valence-electron chi connectivity index (χ4n) is 4.23. The number of ether oxygens (including phenoxy) is 1. The molecule has 2 heterocycles. The summed E-state index contributed by atoms with van der Waals surface area (Å²) in [6.45, 7) is 1.56. The zero-order valence-electron chi connectivity index (χ0n) is 19.7. The van der Waals surface area contributed by atoms with Crippen LogP contribution in [0.15, 0.2) is 82.7 Å². The van der Waals surface area contributed by atoms with Crippen molar-refractivity contribution in [2.24, 2.45) is 0 Å². The predicted octanol–water partition coefficient (Wildman–Crippen LogP) is 4.79. The van der Waals surface area contributed by atoms with Crippen LogP contribution in [0.2, 0.25) is 0 Å². The lowest BCUT2D eigenvalue weighted by Gasteiger charge is -2.14. The minimum atomic E-state index is -0.295. The molecule has 0 spiro atoms. The molecule has 0 saturated carbocycles. The number of hydrogen-bond acceptors (Lipinski definition) is 5. The van der Waals surface area contributed by atoms with Crippen molar-refractivity contribution in [1.29, 1.82) is 0 Å². The summed E-state index contributed by atoms with van der Waals surface area (Å²) in [7, 11) is 0. The molecule has 1 unspecified atom stereocenters. The molecule has 0 radical (unpaired) electrons.